The Balaban J connectivity index is 1.44. The smallest absolute Gasteiger partial charge is 0.337 e. The first-order chi connectivity index (χ1) is 14.1. The number of hydrogen-bond donors (Lipinski definition) is 2. The molecule has 0 bridgehead atoms. The summed E-state index contributed by atoms with van der Waals surface area (Å²) in [6.07, 6.45) is 5.60. The maximum Gasteiger partial charge on any atom is 0.337 e. The summed E-state index contributed by atoms with van der Waals surface area (Å²) >= 11 is 1.49. The van der Waals surface area contributed by atoms with E-state index in [-0.39, 0.29) is 5.56 Å². The van der Waals surface area contributed by atoms with Gasteiger partial charge in [-0.25, -0.2) is 9.78 Å². The van der Waals surface area contributed by atoms with E-state index in [0.29, 0.717) is 0 Å². The molecule has 2 aromatic rings. The van der Waals surface area contributed by atoms with Crippen molar-refractivity contribution in [2.45, 2.75) is 31.1 Å². The van der Waals surface area contributed by atoms with Gasteiger partial charge in [0, 0.05) is 37.3 Å². The molecule has 1 aromatic carbocycles. The summed E-state index contributed by atoms with van der Waals surface area (Å²) in [5, 5.41) is 9.38. The Morgan fingerprint density at radius 3 is 2.72 bits per heavy atom. The highest BCUT2D eigenvalue weighted by Crippen LogP contribution is 2.33. The maximum absolute atomic E-state index is 11.4. The summed E-state index contributed by atoms with van der Waals surface area (Å²) in [7, 11) is 0. The first-order valence-corrected chi connectivity index (χ1v) is 11.1. The third-order valence-electron chi connectivity index (χ3n) is 5.60. The van der Waals surface area contributed by atoms with E-state index >= 15 is 0 Å². The fraction of sp³-hybridized carbons (Fsp3) is 0.455. The van der Waals surface area contributed by atoms with Crippen LogP contribution in [0.4, 0.5) is 11.5 Å². The van der Waals surface area contributed by atoms with E-state index in [4.69, 9.17) is 0 Å². The van der Waals surface area contributed by atoms with Crippen molar-refractivity contribution in [2.24, 2.45) is 5.92 Å². The molecule has 0 amide bonds. The van der Waals surface area contributed by atoms with Gasteiger partial charge in [0.15, 0.2) is 5.82 Å². The van der Waals surface area contributed by atoms with Crippen LogP contribution in [0.2, 0.25) is 0 Å². The van der Waals surface area contributed by atoms with Crippen molar-refractivity contribution in [2.75, 3.05) is 42.3 Å². The number of aromatic nitrogens is 1. The third-order valence-corrected chi connectivity index (χ3v) is 6.42. The zero-order chi connectivity index (χ0) is 20.2. The molecule has 2 aliphatic rings. The fourth-order valence-corrected chi connectivity index (χ4v) is 4.42. The molecule has 2 N–H and O–H groups in total. The Hall–Kier alpha value is -2.25. The lowest BCUT2D eigenvalue weighted by Crippen LogP contribution is -2.47. The summed E-state index contributed by atoms with van der Waals surface area (Å²) in [6, 6.07) is 9.91. The van der Waals surface area contributed by atoms with Gasteiger partial charge in [0.25, 0.3) is 0 Å². The number of aromatic carboxylic acids is 1. The van der Waals surface area contributed by atoms with Crippen LogP contribution in [0.15, 0.2) is 41.4 Å². The van der Waals surface area contributed by atoms with E-state index in [1.165, 1.54) is 49.5 Å². The van der Waals surface area contributed by atoms with Crippen molar-refractivity contribution in [1.82, 2.24) is 9.88 Å². The standard InChI is InChI=1S/C22H28N4O2S/c1-16-3-2-4-19(13-16)29-24-20-14-18(22(27)28)15-23-21(20)26-11-9-25(10-12-26)8-7-17-5-6-17/h2-4,13-15,17,24H,5-12H2,1H3,(H,27,28). The zero-order valence-corrected chi connectivity index (χ0v) is 17.6. The van der Waals surface area contributed by atoms with Crippen LogP contribution in [0.1, 0.15) is 35.2 Å². The Morgan fingerprint density at radius 2 is 2.03 bits per heavy atom. The summed E-state index contributed by atoms with van der Waals surface area (Å²) in [5.74, 6) is 0.835. The summed E-state index contributed by atoms with van der Waals surface area (Å²) in [6.45, 7) is 7.13. The van der Waals surface area contributed by atoms with Crippen molar-refractivity contribution in [1.29, 1.82) is 0 Å². The lowest BCUT2D eigenvalue weighted by atomic mass is 10.2. The number of nitrogens with zero attached hydrogens (tertiary/aromatic N) is 3. The lowest BCUT2D eigenvalue weighted by molar-refractivity contribution is 0.0696. The molecule has 7 heteroatoms. The predicted octanol–water partition coefficient (Wildman–Crippen LogP) is 4.13. The Labute approximate surface area is 176 Å². The predicted molar refractivity (Wildman–Crippen MR) is 118 cm³/mol. The Kier molecular flexibility index (Phi) is 6.25. The number of nitrogens with one attached hydrogen (secondary N) is 1. The summed E-state index contributed by atoms with van der Waals surface area (Å²) < 4.78 is 3.34. The second kappa shape index (κ2) is 9.05. The molecule has 2 fully saturated rings. The number of carboxylic acids is 1. The van der Waals surface area contributed by atoms with Gasteiger partial charge < -0.3 is 14.7 Å². The molecule has 4 rings (SSSR count). The molecule has 0 unspecified atom stereocenters. The third kappa shape index (κ3) is 5.42. The lowest BCUT2D eigenvalue weighted by Gasteiger charge is -2.36. The number of benzene rings is 1. The molecule has 2 heterocycles. The molecule has 29 heavy (non-hydrogen) atoms. The highest BCUT2D eigenvalue weighted by molar-refractivity contribution is 8.00. The molecule has 6 nitrogen and oxygen atoms in total. The Morgan fingerprint density at radius 1 is 1.24 bits per heavy atom. The molecule has 154 valence electrons. The minimum absolute atomic E-state index is 0.198. The number of carboxylic acid groups (broad SMARTS) is 1. The molecule has 1 saturated heterocycles. The van der Waals surface area contributed by atoms with E-state index in [9.17, 15) is 9.90 Å². The number of pyridine rings is 1. The van der Waals surface area contributed by atoms with E-state index < -0.39 is 5.97 Å². The molecular formula is C22H28N4O2S. The first kappa shape index (κ1) is 20.0. The van der Waals surface area contributed by atoms with Crippen LogP contribution in [-0.2, 0) is 0 Å². The zero-order valence-electron chi connectivity index (χ0n) is 16.8. The van der Waals surface area contributed by atoms with Crippen LogP contribution < -0.4 is 9.62 Å². The molecule has 1 aliphatic heterocycles. The minimum Gasteiger partial charge on any atom is -0.478 e. The van der Waals surface area contributed by atoms with Crippen LogP contribution in [0.25, 0.3) is 0 Å². The van der Waals surface area contributed by atoms with Gasteiger partial charge in [-0.2, -0.15) is 0 Å². The van der Waals surface area contributed by atoms with Gasteiger partial charge in [-0.3, -0.25) is 4.90 Å². The Bertz CT molecular complexity index is 864. The van der Waals surface area contributed by atoms with Gasteiger partial charge in [0.1, 0.15) is 0 Å². The quantitative estimate of drug-likeness (QED) is 0.632. The largest absolute Gasteiger partial charge is 0.478 e. The number of rotatable bonds is 8. The van der Waals surface area contributed by atoms with E-state index in [1.54, 1.807) is 6.07 Å². The molecule has 0 radical (unpaired) electrons. The van der Waals surface area contributed by atoms with Crippen LogP contribution in [0.3, 0.4) is 0 Å². The number of carbonyl (C=O) groups is 1. The minimum atomic E-state index is -0.961. The monoisotopic (exact) mass is 412 g/mol. The van der Waals surface area contributed by atoms with Gasteiger partial charge in [-0.1, -0.05) is 25.0 Å². The number of piperazine rings is 1. The highest BCUT2D eigenvalue weighted by atomic mass is 32.2. The average molecular weight is 413 g/mol. The van der Waals surface area contributed by atoms with Crippen molar-refractivity contribution >= 4 is 29.4 Å². The fourth-order valence-electron chi connectivity index (χ4n) is 3.65. The molecular weight excluding hydrogens is 384 g/mol. The van der Waals surface area contributed by atoms with Crippen LogP contribution in [0, 0.1) is 12.8 Å². The van der Waals surface area contributed by atoms with E-state index in [1.807, 2.05) is 12.1 Å². The number of hydrogen-bond acceptors (Lipinski definition) is 6. The number of aryl methyl sites for hydroxylation is 1. The van der Waals surface area contributed by atoms with Gasteiger partial charge in [-0.15, -0.1) is 0 Å². The van der Waals surface area contributed by atoms with Crippen molar-refractivity contribution < 1.29 is 9.90 Å². The van der Waals surface area contributed by atoms with Crippen LogP contribution in [-0.4, -0.2) is 53.7 Å². The second-order valence-corrected chi connectivity index (χ2v) is 8.86. The summed E-state index contributed by atoms with van der Waals surface area (Å²) in [4.78, 5) is 21.8. The molecule has 1 aromatic heterocycles. The summed E-state index contributed by atoms with van der Waals surface area (Å²) in [5.41, 5.74) is 2.14. The van der Waals surface area contributed by atoms with Gasteiger partial charge in [-0.05, 0) is 61.5 Å². The SMILES string of the molecule is Cc1cccc(SNc2cc(C(=O)O)cnc2N2CCN(CCC3CC3)CC2)c1. The molecule has 0 spiro atoms. The van der Waals surface area contributed by atoms with Crippen LogP contribution >= 0.6 is 11.9 Å². The average Bonchev–Trinajstić information content (AvgIpc) is 3.55. The molecule has 0 atom stereocenters. The van der Waals surface area contributed by atoms with Gasteiger partial charge >= 0.3 is 5.97 Å². The van der Waals surface area contributed by atoms with Gasteiger partial charge in [0.05, 0.1) is 11.3 Å². The van der Waals surface area contributed by atoms with E-state index in [2.05, 4.69) is 38.6 Å². The van der Waals surface area contributed by atoms with Crippen LogP contribution in [0.5, 0.6) is 0 Å². The first-order valence-electron chi connectivity index (χ1n) is 10.3. The topological polar surface area (TPSA) is 68.7 Å². The molecule has 1 saturated carbocycles. The molecule has 1 aliphatic carbocycles. The second-order valence-electron chi connectivity index (χ2n) is 7.98. The normalized spacial score (nSPS) is 17.3. The van der Waals surface area contributed by atoms with Gasteiger partial charge in [0.2, 0.25) is 0 Å². The van der Waals surface area contributed by atoms with Crippen molar-refractivity contribution in [3.8, 4) is 0 Å². The highest BCUT2D eigenvalue weighted by Gasteiger charge is 2.25. The van der Waals surface area contributed by atoms with Crippen molar-refractivity contribution in [3.05, 3.63) is 47.7 Å². The maximum atomic E-state index is 11.4. The van der Waals surface area contributed by atoms with Crippen molar-refractivity contribution in [3.63, 3.8) is 0 Å². The van der Waals surface area contributed by atoms with E-state index in [0.717, 1.165) is 48.5 Å². The number of anilines is 2.